The number of furan rings is 1. The van der Waals surface area contributed by atoms with Gasteiger partial charge in [-0.15, -0.1) is 0 Å². The molecule has 1 aromatic heterocycles. The summed E-state index contributed by atoms with van der Waals surface area (Å²) in [6.07, 6.45) is 5.26. The van der Waals surface area contributed by atoms with E-state index in [1.54, 1.807) is 0 Å². The molecule has 1 aliphatic carbocycles. The summed E-state index contributed by atoms with van der Waals surface area (Å²) in [5, 5.41) is 3.37. The minimum atomic E-state index is 0.423. The Morgan fingerprint density at radius 3 is 2.81 bits per heavy atom. The quantitative estimate of drug-likeness (QED) is 0.755. The summed E-state index contributed by atoms with van der Waals surface area (Å²) in [5.41, 5.74) is 1.20. The summed E-state index contributed by atoms with van der Waals surface area (Å²) in [4.78, 5) is 0. The zero-order chi connectivity index (χ0) is 15.2. The molecule has 0 radical (unpaired) electrons. The highest BCUT2D eigenvalue weighted by atomic mass is 16.5. The van der Waals surface area contributed by atoms with Crippen molar-refractivity contribution >= 4 is 0 Å². The average molecular weight is 293 g/mol. The fourth-order valence-corrected chi connectivity index (χ4v) is 3.06. The third-order valence-electron chi connectivity index (χ3n) is 4.82. The molecule has 0 saturated heterocycles. The number of hydrogen-bond acceptors (Lipinski definition) is 3. The Kier molecular flexibility index (Phi) is 6.31. The molecule has 0 bridgehead atoms. The molecule has 1 fully saturated rings. The Bertz CT molecular complexity index is 427. The van der Waals surface area contributed by atoms with Crippen LogP contribution in [0, 0.1) is 18.8 Å². The van der Waals surface area contributed by atoms with E-state index in [4.69, 9.17) is 9.15 Å². The average Bonchev–Trinajstić information content (AvgIpc) is 2.81. The van der Waals surface area contributed by atoms with Gasteiger partial charge >= 0.3 is 0 Å². The summed E-state index contributed by atoms with van der Waals surface area (Å²) in [7, 11) is 0. The second kappa shape index (κ2) is 8.00. The van der Waals surface area contributed by atoms with Crippen LogP contribution in [0.2, 0.25) is 0 Å². The Hall–Kier alpha value is -0.800. The van der Waals surface area contributed by atoms with E-state index >= 15 is 0 Å². The van der Waals surface area contributed by atoms with Crippen molar-refractivity contribution in [2.45, 2.75) is 72.6 Å². The first kappa shape index (κ1) is 16.6. The number of hydrogen-bond donors (Lipinski definition) is 1. The summed E-state index contributed by atoms with van der Waals surface area (Å²) >= 11 is 0. The zero-order valence-electron chi connectivity index (χ0n) is 14.1. The van der Waals surface area contributed by atoms with Crippen molar-refractivity contribution in [2.24, 2.45) is 11.8 Å². The van der Waals surface area contributed by atoms with Crippen molar-refractivity contribution in [2.75, 3.05) is 6.54 Å². The largest absolute Gasteiger partial charge is 0.465 e. The van der Waals surface area contributed by atoms with Crippen LogP contribution < -0.4 is 5.32 Å². The van der Waals surface area contributed by atoms with Crippen LogP contribution in [0.15, 0.2) is 10.5 Å². The molecule has 1 saturated carbocycles. The highest BCUT2D eigenvalue weighted by molar-refractivity contribution is 5.20. The van der Waals surface area contributed by atoms with Crippen LogP contribution in [0.25, 0.3) is 0 Å². The summed E-state index contributed by atoms with van der Waals surface area (Å²) in [5.74, 6) is 3.64. The topological polar surface area (TPSA) is 34.4 Å². The van der Waals surface area contributed by atoms with E-state index in [-0.39, 0.29) is 0 Å². The first-order valence-corrected chi connectivity index (χ1v) is 8.50. The van der Waals surface area contributed by atoms with E-state index in [2.05, 4.69) is 32.2 Å². The third kappa shape index (κ3) is 4.86. The number of rotatable bonds is 7. The van der Waals surface area contributed by atoms with Crippen molar-refractivity contribution in [1.29, 1.82) is 0 Å². The van der Waals surface area contributed by atoms with Gasteiger partial charge in [-0.05, 0) is 57.1 Å². The predicted octanol–water partition coefficient (Wildman–Crippen LogP) is 4.43. The predicted molar refractivity (Wildman–Crippen MR) is 86.2 cm³/mol. The van der Waals surface area contributed by atoms with Crippen LogP contribution in [-0.4, -0.2) is 12.6 Å². The van der Waals surface area contributed by atoms with Crippen molar-refractivity contribution in [3.8, 4) is 0 Å². The fourth-order valence-electron chi connectivity index (χ4n) is 3.06. The first-order chi connectivity index (χ1) is 10.1. The van der Waals surface area contributed by atoms with Crippen LogP contribution in [0.5, 0.6) is 0 Å². The standard InChI is InChI=1S/C18H31NO2/c1-5-8-19-11-18-10-16(15(4)21-18)12-20-17-7-6-13(2)14(3)9-17/h10,13-14,17,19H,5-9,11-12H2,1-4H3. The van der Waals surface area contributed by atoms with E-state index in [0.29, 0.717) is 12.7 Å². The lowest BCUT2D eigenvalue weighted by Crippen LogP contribution is -2.26. The van der Waals surface area contributed by atoms with Crippen molar-refractivity contribution in [3.05, 3.63) is 23.2 Å². The molecule has 0 aromatic carbocycles. The summed E-state index contributed by atoms with van der Waals surface area (Å²) < 4.78 is 11.9. The van der Waals surface area contributed by atoms with Gasteiger partial charge in [0.05, 0.1) is 19.3 Å². The van der Waals surface area contributed by atoms with E-state index in [1.165, 1.54) is 24.8 Å². The molecule has 1 aliphatic rings. The molecule has 21 heavy (non-hydrogen) atoms. The minimum Gasteiger partial charge on any atom is -0.465 e. The normalized spacial score (nSPS) is 26.2. The van der Waals surface area contributed by atoms with Gasteiger partial charge in [-0.2, -0.15) is 0 Å². The van der Waals surface area contributed by atoms with Crippen LogP contribution in [0.1, 0.15) is 63.5 Å². The molecule has 0 spiro atoms. The van der Waals surface area contributed by atoms with Crippen LogP contribution >= 0.6 is 0 Å². The molecular formula is C18H31NO2. The number of aryl methyl sites for hydroxylation is 1. The molecule has 1 heterocycles. The zero-order valence-corrected chi connectivity index (χ0v) is 14.1. The minimum absolute atomic E-state index is 0.423. The lowest BCUT2D eigenvalue weighted by molar-refractivity contribution is -0.00784. The Morgan fingerprint density at radius 2 is 2.10 bits per heavy atom. The smallest absolute Gasteiger partial charge is 0.118 e. The van der Waals surface area contributed by atoms with E-state index in [9.17, 15) is 0 Å². The van der Waals surface area contributed by atoms with E-state index in [1.807, 2.05) is 6.92 Å². The maximum Gasteiger partial charge on any atom is 0.118 e. The molecule has 3 heteroatoms. The number of ether oxygens (including phenoxy) is 1. The maximum atomic E-state index is 6.13. The van der Waals surface area contributed by atoms with Crippen molar-refractivity contribution in [1.82, 2.24) is 5.32 Å². The first-order valence-electron chi connectivity index (χ1n) is 8.50. The monoisotopic (exact) mass is 293 g/mol. The van der Waals surface area contributed by atoms with Gasteiger partial charge in [-0.3, -0.25) is 0 Å². The molecule has 3 unspecified atom stereocenters. The molecule has 0 amide bonds. The van der Waals surface area contributed by atoms with Gasteiger partial charge in [-0.1, -0.05) is 20.8 Å². The Labute approximate surface area is 129 Å². The lowest BCUT2D eigenvalue weighted by Gasteiger charge is -2.31. The molecule has 3 atom stereocenters. The highest BCUT2D eigenvalue weighted by Gasteiger charge is 2.25. The van der Waals surface area contributed by atoms with Crippen LogP contribution in [0.4, 0.5) is 0 Å². The number of nitrogens with one attached hydrogen (secondary N) is 1. The van der Waals surface area contributed by atoms with Gasteiger partial charge in [0.1, 0.15) is 11.5 Å². The molecule has 0 aliphatic heterocycles. The SMILES string of the molecule is CCCNCc1cc(COC2CCC(C)C(C)C2)c(C)o1. The van der Waals surface area contributed by atoms with Gasteiger partial charge < -0.3 is 14.5 Å². The van der Waals surface area contributed by atoms with E-state index in [0.717, 1.165) is 42.9 Å². The third-order valence-corrected chi connectivity index (χ3v) is 4.82. The Balaban J connectivity index is 1.80. The maximum absolute atomic E-state index is 6.13. The second-order valence-corrected chi connectivity index (χ2v) is 6.67. The van der Waals surface area contributed by atoms with Gasteiger partial charge in [0.25, 0.3) is 0 Å². The fraction of sp³-hybridized carbons (Fsp3) is 0.778. The van der Waals surface area contributed by atoms with Gasteiger partial charge in [0.15, 0.2) is 0 Å². The van der Waals surface area contributed by atoms with Gasteiger partial charge in [0.2, 0.25) is 0 Å². The lowest BCUT2D eigenvalue weighted by atomic mass is 9.80. The molecular weight excluding hydrogens is 262 g/mol. The highest BCUT2D eigenvalue weighted by Crippen LogP contribution is 2.31. The van der Waals surface area contributed by atoms with Crippen LogP contribution in [-0.2, 0) is 17.9 Å². The molecule has 120 valence electrons. The van der Waals surface area contributed by atoms with Gasteiger partial charge in [-0.25, -0.2) is 0 Å². The van der Waals surface area contributed by atoms with Crippen molar-refractivity contribution < 1.29 is 9.15 Å². The van der Waals surface area contributed by atoms with Crippen LogP contribution in [0.3, 0.4) is 0 Å². The second-order valence-electron chi connectivity index (χ2n) is 6.67. The molecule has 2 rings (SSSR count). The molecule has 1 N–H and O–H groups in total. The molecule has 3 nitrogen and oxygen atoms in total. The Morgan fingerprint density at radius 1 is 1.29 bits per heavy atom. The summed E-state index contributed by atoms with van der Waals surface area (Å²) in [6.45, 7) is 11.4. The van der Waals surface area contributed by atoms with Crippen molar-refractivity contribution in [3.63, 3.8) is 0 Å². The van der Waals surface area contributed by atoms with Gasteiger partial charge in [0, 0.05) is 5.56 Å². The molecule has 1 aromatic rings. The summed E-state index contributed by atoms with van der Waals surface area (Å²) in [6, 6.07) is 2.15. The van der Waals surface area contributed by atoms with E-state index < -0.39 is 0 Å².